The second kappa shape index (κ2) is 5.49. The number of likely N-dealkylation sites (tertiary alicyclic amines) is 1. The molecule has 20 heavy (non-hydrogen) atoms. The molecule has 2 N–H and O–H groups in total. The van der Waals surface area contributed by atoms with Crippen molar-refractivity contribution >= 4 is 16.6 Å². The molecule has 1 fully saturated rings. The van der Waals surface area contributed by atoms with Gasteiger partial charge in [0.2, 0.25) is 0 Å². The fourth-order valence-corrected chi connectivity index (χ4v) is 3.25. The van der Waals surface area contributed by atoms with E-state index in [1.807, 2.05) is 6.07 Å². The molecule has 2 heterocycles. The Morgan fingerprint density at radius 3 is 2.60 bits per heavy atom. The second-order valence-corrected chi connectivity index (χ2v) is 6.27. The van der Waals surface area contributed by atoms with Gasteiger partial charge in [-0.25, -0.2) is 0 Å². The van der Waals surface area contributed by atoms with Crippen molar-refractivity contribution in [3.05, 3.63) is 30.0 Å². The Morgan fingerprint density at radius 2 is 1.90 bits per heavy atom. The normalized spacial score (nSPS) is 17.1. The Labute approximate surface area is 121 Å². The molecule has 1 aliphatic heterocycles. The van der Waals surface area contributed by atoms with E-state index in [-0.39, 0.29) is 0 Å². The number of piperidine rings is 1. The monoisotopic (exact) mass is 271 g/mol. The van der Waals surface area contributed by atoms with E-state index in [1.54, 1.807) is 0 Å². The maximum atomic E-state index is 5.96. The zero-order valence-corrected chi connectivity index (χ0v) is 12.6. The number of nitrogens with two attached hydrogens (primary N) is 1. The van der Waals surface area contributed by atoms with Gasteiger partial charge in [0, 0.05) is 29.9 Å². The number of nitrogens with zero attached hydrogens (tertiary/aromatic N) is 2. The third kappa shape index (κ3) is 2.55. The van der Waals surface area contributed by atoms with Crippen LogP contribution in [0.5, 0.6) is 0 Å². The molecule has 0 saturated carbocycles. The summed E-state index contributed by atoms with van der Waals surface area (Å²) in [4.78, 5) is 2.58. The SMILES string of the molecule is CC(C)n1cc(CN2CCCCC2)c2ccc(N)cc21. The van der Waals surface area contributed by atoms with Crippen LogP contribution in [0.4, 0.5) is 5.69 Å². The molecular weight excluding hydrogens is 246 g/mol. The van der Waals surface area contributed by atoms with E-state index in [2.05, 4.69) is 41.6 Å². The number of rotatable bonds is 3. The van der Waals surface area contributed by atoms with E-state index >= 15 is 0 Å². The minimum absolute atomic E-state index is 0.467. The van der Waals surface area contributed by atoms with Crippen molar-refractivity contribution in [2.75, 3.05) is 18.8 Å². The zero-order valence-electron chi connectivity index (χ0n) is 12.6. The Kier molecular flexibility index (Phi) is 3.70. The molecule has 3 heteroatoms. The predicted octanol–water partition coefficient (Wildman–Crippen LogP) is 3.79. The van der Waals surface area contributed by atoms with Gasteiger partial charge in [0.15, 0.2) is 0 Å². The van der Waals surface area contributed by atoms with Crippen LogP contribution in [-0.2, 0) is 6.54 Å². The van der Waals surface area contributed by atoms with Gasteiger partial charge in [0.1, 0.15) is 0 Å². The van der Waals surface area contributed by atoms with Gasteiger partial charge in [0.25, 0.3) is 0 Å². The average Bonchev–Trinajstić information content (AvgIpc) is 2.78. The lowest BCUT2D eigenvalue weighted by Gasteiger charge is -2.26. The molecule has 108 valence electrons. The van der Waals surface area contributed by atoms with Crippen LogP contribution in [0.2, 0.25) is 0 Å². The smallest absolute Gasteiger partial charge is 0.0506 e. The van der Waals surface area contributed by atoms with Gasteiger partial charge < -0.3 is 10.3 Å². The van der Waals surface area contributed by atoms with Crippen LogP contribution in [0.25, 0.3) is 10.9 Å². The van der Waals surface area contributed by atoms with Gasteiger partial charge in [0.05, 0.1) is 5.52 Å². The highest BCUT2D eigenvalue weighted by Crippen LogP contribution is 2.28. The summed E-state index contributed by atoms with van der Waals surface area (Å²) in [6, 6.07) is 6.78. The van der Waals surface area contributed by atoms with Gasteiger partial charge in [-0.2, -0.15) is 0 Å². The third-order valence-corrected chi connectivity index (χ3v) is 4.34. The topological polar surface area (TPSA) is 34.2 Å². The number of anilines is 1. The largest absolute Gasteiger partial charge is 0.399 e. The number of hydrogen-bond donors (Lipinski definition) is 1. The fraction of sp³-hybridized carbons (Fsp3) is 0.529. The first-order valence-corrected chi connectivity index (χ1v) is 7.76. The molecular formula is C17H25N3. The quantitative estimate of drug-likeness (QED) is 0.862. The molecule has 0 bridgehead atoms. The lowest BCUT2D eigenvalue weighted by molar-refractivity contribution is 0.221. The van der Waals surface area contributed by atoms with Crippen LogP contribution in [0.3, 0.4) is 0 Å². The summed E-state index contributed by atoms with van der Waals surface area (Å²) in [5.74, 6) is 0. The number of nitrogen functional groups attached to an aromatic ring is 1. The Hall–Kier alpha value is -1.48. The zero-order chi connectivity index (χ0) is 14.1. The van der Waals surface area contributed by atoms with E-state index in [9.17, 15) is 0 Å². The standard InChI is InChI=1S/C17H25N3/c1-13(2)20-12-14(11-19-8-4-3-5-9-19)16-7-6-15(18)10-17(16)20/h6-7,10,12-13H,3-5,8-9,11,18H2,1-2H3. The molecule has 0 spiro atoms. The minimum Gasteiger partial charge on any atom is -0.399 e. The van der Waals surface area contributed by atoms with Crippen LogP contribution in [-0.4, -0.2) is 22.6 Å². The first-order valence-electron chi connectivity index (χ1n) is 7.76. The van der Waals surface area contributed by atoms with Crippen molar-refractivity contribution in [3.8, 4) is 0 Å². The summed E-state index contributed by atoms with van der Waals surface area (Å²) >= 11 is 0. The minimum atomic E-state index is 0.467. The molecule has 1 aliphatic rings. The maximum Gasteiger partial charge on any atom is 0.0506 e. The van der Waals surface area contributed by atoms with Crippen molar-refractivity contribution in [1.82, 2.24) is 9.47 Å². The van der Waals surface area contributed by atoms with Crippen LogP contribution < -0.4 is 5.73 Å². The van der Waals surface area contributed by atoms with Gasteiger partial charge in [-0.1, -0.05) is 12.5 Å². The second-order valence-electron chi connectivity index (χ2n) is 6.27. The Balaban J connectivity index is 1.97. The van der Waals surface area contributed by atoms with Crippen molar-refractivity contribution in [2.24, 2.45) is 0 Å². The van der Waals surface area contributed by atoms with Gasteiger partial charge in [-0.3, -0.25) is 4.90 Å². The first-order chi connectivity index (χ1) is 9.65. The van der Waals surface area contributed by atoms with E-state index < -0.39 is 0 Å². The summed E-state index contributed by atoms with van der Waals surface area (Å²) in [7, 11) is 0. The molecule has 3 nitrogen and oxygen atoms in total. The van der Waals surface area contributed by atoms with Gasteiger partial charge in [-0.05, 0) is 57.5 Å². The van der Waals surface area contributed by atoms with E-state index in [4.69, 9.17) is 5.73 Å². The van der Waals surface area contributed by atoms with E-state index in [1.165, 1.54) is 48.8 Å². The summed E-state index contributed by atoms with van der Waals surface area (Å²) in [6.07, 6.45) is 6.40. The van der Waals surface area contributed by atoms with Gasteiger partial charge >= 0.3 is 0 Å². The molecule has 3 rings (SSSR count). The molecule has 1 saturated heterocycles. The lowest BCUT2D eigenvalue weighted by Crippen LogP contribution is -2.28. The highest BCUT2D eigenvalue weighted by molar-refractivity contribution is 5.86. The summed E-state index contributed by atoms with van der Waals surface area (Å²) < 4.78 is 2.35. The van der Waals surface area contributed by atoms with Crippen molar-refractivity contribution in [3.63, 3.8) is 0 Å². The molecule has 0 unspecified atom stereocenters. The van der Waals surface area contributed by atoms with Crippen LogP contribution in [0, 0.1) is 0 Å². The van der Waals surface area contributed by atoms with Gasteiger partial charge in [-0.15, -0.1) is 0 Å². The number of hydrogen-bond acceptors (Lipinski definition) is 2. The van der Waals surface area contributed by atoms with Crippen molar-refractivity contribution < 1.29 is 0 Å². The van der Waals surface area contributed by atoms with E-state index in [0.29, 0.717) is 6.04 Å². The molecule has 0 atom stereocenters. The number of benzene rings is 1. The first kappa shape index (κ1) is 13.5. The number of fused-ring (bicyclic) bond motifs is 1. The summed E-state index contributed by atoms with van der Waals surface area (Å²) in [5.41, 5.74) is 9.52. The molecule has 1 aromatic heterocycles. The highest BCUT2D eigenvalue weighted by Gasteiger charge is 2.15. The molecule has 0 aliphatic carbocycles. The molecule has 2 aromatic rings. The van der Waals surface area contributed by atoms with Crippen molar-refractivity contribution in [2.45, 2.75) is 45.7 Å². The highest BCUT2D eigenvalue weighted by atomic mass is 15.1. The van der Waals surface area contributed by atoms with Crippen LogP contribution >= 0.6 is 0 Å². The molecule has 0 amide bonds. The van der Waals surface area contributed by atoms with Crippen LogP contribution in [0.15, 0.2) is 24.4 Å². The maximum absolute atomic E-state index is 5.96. The summed E-state index contributed by atoms with van der Waals surface area (Å²) in [6.45, 7) is 8.01. The third-order valence-electron chi connectivity index (χ3n) is 4.34. The molecule has 0 radical (unpaired) electrons. The van der Waals surface area contributed by atoms with Crippen molar-refractivity contribution in [1.29, 1.82) is 0 Å². The average molecular weight is 271 g/mol. The Morgan fingerprint density at radius 1 is 1.15 bits per heavy atom. The predicted molar refractivity (Wildman–Crippen MR) is 85.9 cm³/mol. The fourth-order valence-electron chi connectivity index (χ4n) is 3.25. The summed E-state index contributed by atoms with van der Waals surface area (Å²) in [5, 5.41) is 1.36. The van der Waals surface area contributed by atoms with E-state index in [0.717, 1.165) is 12.2 Å². The molecule has 1 aromatic carbocycles. The van der Waals surface area contributed by atoms with Crippen LogP contribution in [0.1, 0.15) is 44.7 Å². The lowest BCUT2D eigenvalue weighted by atomic mass is 10.1. The number of aromatic nitrogens is 1. The Bertz CT molecular complexity index is 592.